The van der Waals surface area contributed by atoms with Gasteiger partial charge in [0.25, 0.3) is 0 Å². The predicted octanol–water partition coefficient (Wildman–Crippen LogP) is 12.3. The number of nitrogens with zero attached hydrogens (tertiary/aromatic N) is 3. The number of carbonyl (C=O) groups is 2. The molecule has 63 heavy (non-hydrogen) atoms. The average Bonchev–Trinajstić information content (AvgIpc) is 4.07. The van der Waals surface area contributed by atoms with Crippen LogP contribution in [0.5, 0.6) is 0 Å². The van der Waals surface area contributed by atoms with Gasteiger partial charge in [0.2, 0.25) is 11.8 Å². The molecule has 0 fully saturated rings. The topological polar surface area (TPSA) is 186 Å². The summed E-state index contributed by atoms with van der Waals surface area (Å²) in [5, 5.41) is 11.2. The summed E-state index contributed by atoms with van der Waals surface area (Å²) in [4.78, 5) is 32.8. The fourth-order valence-corrected chi connectivity index (χ4v) is 5.10. The van der Waals surface area contributed by atoms with Gasteiger partial charge in [-0.1, -0.05) is 54.9 Å². The summed E-state index contributed by atoms with van der Waals surface area (Å²) >= 11 is 10.3. The summed E-state index contributed by atoms with van der Waals surface area (Å²) in [7, 11) is 3.16. The Morgan fingerprint density at radius 2 is 1.11 bits per heavy atom. The van der Waals surface area contributed by atoms with Crippen LogP contribution >= 0.6 is 23.2 Å². The van der Waals surface area contributed by atoms with Gasteiger partial charge in [0.1, 0.15) is 5.88 Å². The maximum absolute atomic E-state index is 11.1. The van der Waals surface area contributed by atoms with Gasteiger partial charge in [-0.15, -0.1) is 23.2 Å². The molecule has 2 amide bonds. The standard InChI is InChI=1S/C14H16N2O.C13H15N3O2.C10H10N2O.C4H7Cl.C3H6ClNO.4CH4/c1-3-4-7-16-12-5-6-13(11(2)8-12)14-9-15-10-17-14;1-9-5-10(16-7-13(17)14-2)3-4-11(9)12-6-15-8-18-12;1-7-4-8(11)2-3-9(7)10-5-12-6-13-10;1-2-3-4-5;1-5-3(6)2-4;;;;/h4-10,16H,3H2,1-2H3;3-6,8,16H,7H2,1-2H3,(H,14,17);2-6H,11H2,1H3;2-3H,4H2,1H3;2H2,1H3,(H,5,6);4*1H4/b7-4+;;;3-2+;;;;;. The summed E-state index contributed by atoms with van der Waals surface area (Å²) in [6, 6.07) is 17.7. The molecular weight excluding hydrogens is 839 g/mol. The van der Waals surface area contributed by atoms with Crippen LogP contribution < -0.4 is 27.0 Å². The van der Waals surface area contributed by atoms with Gasteiger partial charge >= 0.3 is 0 Å². The van der Waals surface area contributed by atoms with Crippen molar-refractivity contribution in [2.45, 2.75) is 70.7 Å². The molecule has 6 aromatic rings. The van der Waals surface area contributed by atoms with Crippen LogP contribution in [-0.4, -0.2) is 59.2 Å². The number of halogens is 2. The SMILES string of the molecule is C.C.C.C.C/C=C/CCl.CC/C=C/Nc1ccc(-c2cnco2)c(C)c1.CNC(=O)CCl.CNC(=O)CNc1ccc(-c2cnco2)c(C)c1.Cc1cc(N)ccc1-c1cnco1. The number of allylic oxidation sites excluding steroid dienone is 3. The van der Waals surface area contributed by atoms with Gasteiger partial charge in [-0.2, -0.15) is 0 Å². The minimum Gasteiger partial charge on any atom is -0.444 e. The van der Waals surface area contributed by atoms with Crippen molar-refractivity contribution >= 4 is 52.1 Å². The third-order valence-electron chi connectivity index (χ3n) is 7.86. The molecule has 6 N–H and O–H groups in total. The van der Waals surface area contributed by atoms with E-state index in [1.54, 1.807) is 32.7 Å². The van der Waals surface area contributed by atoms with E-state index in [0.29, 0.717) is 5.88 Å². The van der Waals surface area contributed by atoms with E-state index >= 15 is 0 Å². The molecule has 0 aliphatic carbocycles. The number of nitrogen functional groups attached to an aromatic ring is 1. The van der Waals surface area contributed by atoms with Gasteiger partial charge in [-0.05, 0) is 112 Å². The fourth-order valence-electron chi connectivity index (χ4n) is 4.79. The van der Waals surface area contributed by atoms with Crippen molar-refractivity contribution in [3.8, 4) is 34.0 Å². The Kier molecular flexibility index (Phi) is 34.2. The van der Waals surface area contributed by atoms with Crippen molar-refractivity contribution in [2.24, 2.45) is 0 Å². The highest BCUT2D eigenvalue weighted by atomic mass is 35.5. The number of hydrogen-bond acceptors (Lipinski definition) is 11. The molecule has 0 radical (unpaired) electrons. The number of aryl methyl sites for hydroxylation is 3. The number of hydrogen-bond donors (Lipinski definition) is 5. The Morgan fingerprint density at radius 3 is 1.44 bits per heavy atom. The number of carbonyl (C=O) groups excluding carboxylic acids is 2. The molecule has 3 aromatic carbocycles. The smallest absolute Gasteiger partial charge is 0.239 e. The molecule has 6 rings (SSSR count). The van der Waals surface area contributed by atoms with E-state index in [0.717, 1.165) is 74.1 Å². The van der Waals surface area contributed by atoms with Crippen molar-refractivity contribution in [3.05, 3.63) is 133 Å². The lowest BCUT2D eigenvalue weighted by Gasteiger charge is -2.08. The summed E-state index contributed by atoms with van der Waals surface area (Å²) in [5.41, 5.74) is 14.8. The third-order valence-corrected chi connectivity index (χ3v) is 8.28. The van der Waals surface area contributed by atoms with Gasteiger partial charge in [0, 0.05) is 53.7 Å². The zero-order chi connectivity index (χ0) is 43.4. The van der Waals surface area contributed by atoms with E-state index in [1.807, 2.05) is 87.7 Å². The van der Waals surface area contributed by atoms with Crippen molar-refractivity contribution in [1.29, 1.82) is 0 Å². The zero-order valence-electron chi connectivity index (χ0n) is 34.5. The van der Waals surface area contributed by atoms with Crippen LogP contribution in [0.15, 0.2) is 130 Å². The Morgan fingerprint density at radius 1 is 0.667 bits per heavy atom. The number of benzene rings is 3. The third kappa shape index (κ3) is 22.9. The number of nitrogens with one attached hydrogen (secondary N) is 4. The molecule has 0 aliphatic heterocycles. The minimum absolute atomic E-state index is 0. The van der Waals surface area contributed by atoms with E-state index in [9.17, 15) is 9.59 Å². The Balaban J connectivity index is -0.000000750. The number of alkyl halides is 2. The normalized spacial score (nSPS) is 9.48. The molecule has 0 saturated carbocycles. The van der Waals surface area contributed by atoms with Crippen LogP contribution in [0.3, 0.4) is 0 Å². The first-order valence-electron chi connectivity index (χ1n) is 18.5. The van der Waals surface area contributed by atoms with Crippen LogP contribution in [0.2, 0.25) is 0 Å². The van der Waals surface area contributed by atoms with Crippen LogP contribution in [0, 0.1) is 20.8 Å². The maximum atomic E-state index is 11.1. The van der Waals surface area contributed by atoms with Gasteiger partial charge in [0.15, 0.2) is 36.5 Å². The summed E-state index contributed by atoms with van der Waals surface area (Å²) < 4.78 is 15.7. The summed E-state index contributed by atoms with van der Waals surface area (Å²) in [6.07, 6.45) is 18.3. The summed E-state index contributed by atoms with van der Waals surface area (Å²) in [6.45, 7) is 10.4. The summed E-state index contributed by atoms with van der Waals surface area (Å²) in [5.74, 6) is 2.82. The second kappa shape index (κ2) is 35.3. The van der Waals surface area contributed by atoms with E-state index in [4.69, 9.17) is 42.2 Å². The van der Waals surface area contributed by atoms with Crippen LogP contribution in [0.4, 0.5) is 17.1 Å². The highest BCUT2D eigenvalue weighted by Gasteiger charge is 2.08. The molecule has 346 valence electrons. The molecule has 0 bridgehead atoms. The average molecular weight is 910 g/mol. The number of likely N-dealkylation sites (N-methyl/N-ethyl adjacent to an activating group) is 1. The van der Waals surface area contributed by atoms with Crippen LogP contribution in [0.1, 0.15) is 66.7 Å². The minimum atomic E-state index is -0.142. The molecule has 3 heterocycles. The number of anilines is 3. The number of aromatic nitrogens is 3. The number of oxazole rings is 3. The van der Waals surface area contributed by atoms with E-state index < -0.39 is 0 Å². The highest BCUT2D eigenvalue weighted by Crippen LogP contribution is 2.27. The fraction of sp³-hybridized carbons (Fsp3) is 0.312. The number of nitrogens with two attached hydrogens (primary N) is 1. The maximum Gasteiger partial charge on any atom is 0.239 e. The van der Waals surface area contributed by atoms with Crippen LogP contribution in [-0.2, 0) is 9.59 Å². The van der Waals surface area contributed by atoms with E-state index in [2.05, 4.69) is 62.2 Å². The largest absolute Gasteiger partial charge is 0.444 e. The lowest BCUT2D eigenvalue weighted by atomic mass is 10.1. The molecule has 0 saturated heterocycles. The van der Waals surface area contributed by atoms with Gasteiger partial charge < -0.3 is 40.3 Å². The Bertz CT molecular complexity index is 2130. The predicted molar refractivity (Wildman–Crippen MR) is 267 cm³/mol. The lowest BCUT2D eigenvalue weighted by Crippen LogP contribution is -2.26. The van der Waals surface area contributed by atoms with Gasteiger partial charge in [0.05, 0.1) is 25.1 Å². The van der Waals surface area contributed by atoms with E-state index in [-0.39, 0.29) is 53.9 Å². The van der Waals surface area contributed by atoms with Crippen molar-refractivity contribution < 1.29 is 22.8 Å². The van der Waals surface area contributed by atoms with Gasteiger partial charge in [-0.3, -0.25) is 9.59 Å². The van der Waals surface area contributed by atoms with Crippen molar-refractivity contribution in [3.63, 3.8) is 0 Å². The first-order chi connectivity index (χ1) is 28.5. The van der Waals surface area contributed by atoms with Crippen LogP contribution in [0.25, 0.3) is 34.0 Å². The second-order valence-corrected chi connectivity index (χ2v) is 12.8. The molecule has 0 spiro atoms. The molecule has 13 nitrogen and oxygen atoms in total. The Hall–Kier alpha value is -6.31. The second-order valence-electron chi connectivity index (χ2n) is 12.2. The first-order valence-corrected chi connectivity index (χ1v) is 19.6. The van der Waals surface area contributed by atoms with E-state index in [1.165, 1.54) is 19.2 Å². The van der Waals surface area contributed by atoms with Crippen molar-refractivity contribution in [2.75, 3.05) is 48.8 Å². The molecular formula is C48H70Cl2N8O5. The highest BCUT2D eigenvalue weighted by molar-refractivity contribution is 6.27. The number of amides is 2. The lowest BCUT2D eigenvalue weighted by molar-refractivity contribution is -0.119. The quantitative estimate of drug-likeness (QED) is 0.0473. The molecule has 3 aromatic heterocycles. The molecule has 0 atom stereocenters. The number of rotatable bonds is 11. The molecule has 15 heteroatoms. The molecule has 0 aliphatic rings. The molecule has 0 unspecified atom stereocenters. The Labute approximate surface area is 386 Å². The zero-order valence-corrected chi connectivity index (χ0v) is 36.0. The monoisotopic (exact) mass is 908 g/mol. The first kappa shape index (κ1) is 61.0. The van der Waals surface area contributed by atoms with Gasteiger partial charge in [-0.25, -0.2) is 15.0 Å². The van der Waals surface area contributed by atoms with Crippen molar-refractivity contribution in [1.82, 2.24) is 25.6 Å².